The van der Waals surface area contributed by atoms with Gasteiger partial charge in [-0.25, -0.2) is 0 Å². The summed E-state index contributed by atoms with van der Waals surface area (Å²) >= 11 is 0. The molecule has 4 nitrogen and oxygen atoms in total. The summed E-state index contributed by atoms with van der Waals surface area (Å²) in [5, 5.41) is 4.43. The predicted octanol–water partition coefficient (Wildman–Crippen LogP) is 4.86. The van der Waals surface area contributed by atoms with Crippen LogP contribution in [0, 0.1) is 5.92 Å². The zero-order chi connectivity index (χ0) is 19.6. The molecule has 1 aliphatic heterocycles. The van der Waals surface area contributed by atoms with Crippen LogP contribution in [0.25, 0.3) is 0 Å². The highest BCUT2D eigenvalue weighted by molar-refractivity contribution is 5.98. The Balaban J connectivity index is 1.63. The van der Waals surface area contributed by atoms with Gasteiger partial charge in [0, 0.05) is 42.4 Å². The number of nitrogens with zero attached hydrogens (tertiary/aromatic N) is 3. The van der Waals surface area contributed by atoms with Crippen LogP contribution in [-0.4, -0.2) is 33.6 Å². The lowest BCUT2D eigenvalue weighted by Crippen LogP contribution is -2.38. The van der Waals surface area contributed by atoms with E-state index < -0.39 is 0 Å². The van der Waals surface area contributed by atoms with Crippen LogP contribution < -0.4 is 0 Å². The number of carbonyl (C=O) groups is 1. The summed E-state index contributed by atoms with van der Waals surface area (Å²) in [6.07, 6.45) is 6.15. The van der Waals surface area contributed by atoms with Crippen molar-refractivity contribution < 1.29 is 4.79 Å². The van der Waals surface area contributed by atoms with Gasteiger partial charge in [-0.05, 0) is 44.2 Å². The van der Waals surface area contributed by atoms with Gasteiger partial charge < -0.3 is 0 Å². The van der Waals surface area contributed by atoms with Crippen molar-refractivity contribution in [3.8, 4) is 0 Å². The predicted molar refractivity (Wildman–Crippen MR) is 110 cm³/mol. The average Bonchev–Trinajstić information content (AvgIpc) is 3.09. The molecular weight excluding hydrogens is 334 g/mol. The number of piperidine rings is 1. The molecule has 1 unspecified atom stereocenters. The number of ketones is 1. The minimum absolute atomic E-state index is 0.0966. The number of aromatic nitrogens is 2. The van der Waals surface area contributed by atoms with E-state index in [0.29, 0.717) is 6.04 Å². The Morgan fingerprint density at radius 3 is 2.52 bits per heavy atom. The maximum Gasteiger partial charge on any atom is 0.167 e. The molecule has 1 atom stereocenters. The highest BCUT2D eigenvalue weighted by atomic mass is 16.1. The fourth-order valence-corrected chi connectivity index (χ4v) is 3.78. The third kappa shape index (κ3) is 4.86. The SMILES string of the molecule is CC(C)n1cc(CN2CCCC(C(=O)c3ccc(C(C)(C)C)cc3)C2)cn1. The zero-order valence-corrected chi connectivity index (χ0v) is 17.4. The third-order valence-electron chi connectivity index (χ3n) is 5.50. The van der Waals surface area contributed by atoms with Gasteiger partial charge in [-0.3, -0.25) is 14.4 Å². The van der Waals surface area contributed by atoms with Gasteiger partial charge in [-0.1, -0.05) is 45.0 Å². The first kappa shape index (κ1) is 19.8. The molecule has 0 saturated carbocycles. The van der Waals surface area contributed by atoms with E-state index in [1.807, 2.05) is 23.0 Å². The molecule has 1 saturated heterocycles. The van der Waals surface area contributed by atoms with Crippen molar-refractivity contribution in [2.24, 2.45) is 5.92 Å². The smallest absolute Gasteiger partial charge is 0.167 e. The summed E-state index contributed by atoms with van der Waals surface area (Å²) in [6.45, 7) is 13.6. The Hall–Kier alpha value is -1.94. The third-order valence-corrected chi connectivity index (χ3v) is 5.50. The van der Waals surface area contributed by atoms with E-state index >= 15 is 0 Å². The van der Waals surface area contributed by atoms with E-state index in [-0.39, 0.29) is 17.1 Å². The first-order valence-electron chi connectivity index (χ1n) is 10.1. The second-order valence-electron chi connectivity index (χ2n) is 9.19. The van der Waals surface area contributed by atoms with Gasteiger partial charge in [-0.15, -0.1) is 0 Å². The molecule has 0 bridgehead atoms. The summed E-state index contributed by atoms with van der Waals surface area (Å²) in [7, 11) is 0. The maximum absolute atomic E-state index is 13.0. The van der Waals surface area contributed by atoms with E-state index in [0.717, 1.165) is 38.0 Å². The summed E-state index contributed by atoms with van der Waals surface area (Å²) < 4.78 is 2.00. The topological polar surface area (TPSA) is 38.1 Å². The molecule has 146 valence electrons. The second kappa shape index (κ2) is 7.97. The number of benzene rings is 1. The lowest BCUT2D eigenvalue weighted by atomic mass is 9.85. The van der Waals surface area contributed by atoms with Crippen molar-refractivity contribution in [3.63, 3.8) is 0 Å². The zero-order valence-electron chi connectivity index (χ0n) is 17.4. The molecule has 1 fully saturated rings. The molecule has 0 spiro atoms. The van der Waals surface area contributed by atoms with Gasteiger partial charge in [0.15, 0.2) is 5.78 Å². The fraction of sp³-hybridized carbons (Fsp3) is 0.565. The molecule has 1 aliphatic rings. The van der Waals surface area contributed by atoms with E-state index in [1.54, 1.807) is 0 Å². The number of hydrogen-bond donors (Lipinski definition) is 0. The van der Waals surface area contributed by atoms with Gasteiger partial charge in [0.25, 0.3) is 0 Å². The van der Waals surface area contributed by atoms with Crippen LogP contribution in [-0.2, 0) is 12.0 Å². The summed E-state index contributed by atoms with van der Waals surface area (Å²) in [5.41, 5.74) is 3.46. The quantitative estimate of drug-likeness (QED) is 0.709. The van der Waals surface area contributed by atoms with Crippen molar-refractivity contribution in [2.75, 3.05) is 13.1 Å². The van der Waals surface area contributed by atoms with Crippen LogP contribution in [0.2, 0.25) is 0 Å². The number of likely N-dealkylation sites (tertiary alicyclic amines) is 1. The van der Waals surface area contributed by atoms with Crippen LogP contribution in [0.4, 0.5) is 0 Å². The van der Waals surface area contributed by atoms with Gasteiger partial charge in [-0.2, -0.15) is 5.10 Å². The molecule has 1 aromatic carbocycles. The number of carbonyl (C=O) groups excluding carboxylic acids is 1. The fourth-order valence-electron chi connectivity index (χ4n) is 3.78. The molecule has 4 heteroatoms. The van der Waals surface area contributed by atoms with Crippen molar-refractivity contribution >= 4 is 5.78 Å². The highest BCUT2D eigenvalue weighted by Gasteiger charge is 2.27. The number of hydrogen-bond acceptors (Lipinski definition) is 3. The summed E-state index contributed by atoms with van der Waals surface area (Å²) in [4.78, 5) is 15.4. The van der Waals surface area contributed by atoms with Crippen LogP contribution >= 0.6 is 0 Å². The normalized spacial score (nSPS) is 18.8. The van der Waals surface area contributed by atoms with E-state index in [2.05, 4.69) is 62.9 Å². The standard InChI is InChI=1S/C23H33N3O/c1-17(2)26-15-18(13-24-26)14-25-12-6-7-20(16-25)22(27)19-8-10-21(11-9-19)23(3,4)5/h8-11,13,15,17,20H,6-7,12,14,16H2,1-5H3. The molecule has 1 aromatic heterocycles. The van der Waals surface area contributed by atoms with Gasteiger partial charge in [0.2, 0.25) is 0 Å². The van der Waals surface area contributed by atoms with E-state index in [1.165, 1.54) is 11.1 Å². The molecular formula is C23H33N3O. The van der Waals surface area contributed by atoms with Crippen molar-refractivity contribution in [1.29, 1.82) is 0 Å². The van der Waals surface area contributed by atoms with E-state index in [4.69, 9.17) is 0 Å². The second-order valence-corrected chi connectivity index (χ2v) is 9.19. The van der Waals surface area contributed by atoms with E-state index in [9.17, 15) is 4.79 Å². The van der Waals surface area contributed by atoms with Crippen molar-refractivity contribution in [3.05, 3.63) is 53.3 Å². The average molecular weight is 368 g/mol. The minimum Gasteiger partial charge on any atom is -0.298 e. The summed E-state index contributed by atoms with van der Waals surface area (Å²) in [6, 6.07) is 8.61. The molecule has 2 aromatic rings. The maximum atomic E-state index is 13.0. The van der Waals surface area contributed by atoms with Crippen LogP contribution in [0.1, 0.15) is 75.0 Å². The molecule has 0 amide bonds. The lowest BCUT2D eigenvalue weighted by Gasteiger charge is -2.31. The molecule has 0 aliphatic carbocycles. The van der Waals surface area contributed by atoms with Crippen molar-refractivity contribution in [1.82, 2.24) is 14.7 Å². The Morgan fingerprint density at radius 1 is 1.22 bits per heavy atom. The molecule has 3 rings (SSSR count). The molecule has 2 heterocycles. The molecule has 0 radical (unpaired) electrons. The van der Waals surface area contributed by atoms with Crippen LogP contribution in [0.5, 0.6) is 0 Å². The monoisotopic (exact) mass is 367 g/mol. The van der Waals surface area contributed by atoms with Crippen molar-refractivity contribution in [2.45, 2.75) is 65.5 Å². The van der Waals surface area contributed by atoms with Gasteiger partial charge in [0.1, 0.15) is 0 Å². The first-order chi connectivity index (χ1) is 12.7. The summed E-state index contributed by atoms with van der Waals surface area (Å²) in [5.74, 6) is 0.386. The minimum atomic E-state index is 0.0966. The van der Waals surface area contributed by atoms with Gasteiger partial charge in [0.05, 0.1) is 6.20 Å². The molecule has 0 N–H and O–H groups in total. The first-order valence-corrected chi connectivity index (χ1v) is 10.1. The Morgan fingerprint density at radius 2 is 1.93 bits per heavy atom. The number of rotatable bonds is 5. The Labute approximate surface area is 163 Å². The van der Waals surface area contributed by atoms with Gasteiger partial charge >= 0.3 is 0 Å². The highest BCUT2D eigenvalue weighted by Crippen LogP contribution is 2.25. The number of Topliss-reactive ketones (excluding diaryl/α,β-unsaturated/α-hetero) is 1. The Kier molecular flexibility index (Phi) is 5.85. The van der Waals surface area contributed by atoms with Crippen LogP contribution in [0.15, 0.2) is 36.7 Å². The Bertz CT molecular complexity index is 768. The lowest BCUT2D eigenvalue weighted by molar-refractivity contribution is 0.0811. The largest absolute Gasteiger partial charge is 0.298 e. The van der Waals surface area contributed by atoms with Crippen LogP contribution in [0.3, 0.4) is 0 Å². The molecule has 27 heavy (non-hydrogen) atoms.